The van der Waals surface area contributed by atoms with Crippen molar-refractivity contribution in [3.05, 3.63) is 52.8 Å². The SMILES string of the molecule is Cc1cc(C)n(Cc2ccc(C(=O)N3CCC[C@H](N)CC3)cc2)n1. The van der Waals surface area contributed by atoms with Crippen LogP contribution >= 0.6 is 0 Å². The molecule has 24 heavy (non-hydrogen) atoms. The van der Waals surface area contributed by atoms with E-state index in [1.54, 1.807) is 0 Å². The van der Waals surface area contributed by atoms with Crippen LogP contribution in [0.15, 0.2) is 30.3 Å². The molecule has 1 fully saturated rings. The van der Waals surface area contributed by atoms with E-state index < -0.39 is 0 Å². The second-order valence-electron chi connectivity index (χ2n) is 6.76. The number of hydrogen-bond acceptors (Lipinski definition) is 3. The van der Waals surface area contributed by atoms with Gasteiger partial charge in [-0.15, -0.1) is 0 Å². The molecule has 0 saturated carbocycles. The third-order valence-electron chi connectivity index (χ3n) is 4.70. The average molecular weight is 326 g/mol. The zero-order chi connectivity index (χ0) is 17.1. The van der Waals surface area contributed by atoms with Crippen LogP contribution in [0.4, 0.5) is 0 Å². The van der Waals surface area contributed by atoms with Crippen LogP contribution in [0.1, 0.15) is 46.6 Å². The molecule has 2 heterocycles. The standard InChI is InChI=1S/C19H26N4O/c1-14-12-15(2)23(21-14)13-16-5-7-17(8-6-16)19(24)22-10-3-4-18(20)9-11-22/h5-8,12,18H,3-4,9-11,13,20H2,1-2H3/t18-/m0/s1. The van der Waals surface area contributed by atoms with E-state index in [1.807, 2.05) is 40.8 Å². The summed E-state index contributed by atoms with van der Waals surface area (Å²) in [5.74, 6) is 0.113. The first-order valence-electron chi connectivity index (χ1n) is 8.68. The van der Waals surface area contributed by atoms with Crippen molar-refractivity contribution in [2.45, 2.75) is 45.7 Å². The number of nitrogens with two attached hydrogens (primary N) is 1. The zero-order valence-electron chi connectivity index (χ0n) is 14.5. The third kappa shape index (κ3) is 3.85. The lowest BCUT2D eigenvalue weighted by molar-refractivity contribution is 0.0761. The van der Waals surface area contributed by atoms with E-state index in [0.717, 1.165) is 61.4 Å². The number of carbonyl (C=O) groups is 1. The summed E-state index contributed by atoms with van der Waals surface area (Å²) in [5.41, 5.74) is 10.1. The Balaban J connectivity index is 1.67. The number of benzene rings is 1. The molecule has 0 unspecified atom stereocenters. The number of aryl methyl sites for hydroxylation is 2. The van der Waals surface area contributed by atoms with Crippen molar-refractivity contribution in [3.8, 4) is 0 Å². The van der Waals surface area contributed by atoms with Gasteiger partial charge in [0.25, 0.3) is 5.91 Å². The van der Waals surface area contributed by atoms with E-state index >= 15 is 0 Å². The van der Waals surface area contributed by atoms with Crippen molar-refractivity contribution in [2.24, 2.45) is 5.73 Å². The van der Waals surface area contributed by atoms with Gasteiger partial charge >= 0.3 is 0 Å². The Morgan fingerprint density at radius 3 is 2.62 bits per heavy atom. The molecule has 5 heteroatoms. The minimum Gasteiger partial charge on any atom is -0.339 e. The van der Waals surface area contributed by atoms with Gasteiger partial charge in [-0.3, -0.25) is 9.48 Å². The summed E-state index contributed by atoms with van der Waals surface area (Å²) < 4.78 is 1.99. The maximum atomic E-state index is 12.7. The Morgan fingerprint density at radius 2 is 1.96 bits per heavy atom. The first kappa shape index (κ1) is 16.7. The van der Waals surface area contributed by atoms with Crippen LogP contribution in [0.3, 0.4) is 0 Å². The van der Waals surface area contributed by atoms with Crippen molar-refractivity contribution in [1.29, 1.82) is 0 Å². The zero-order valence-corrected chi connectivity index (χ0v) is 14.5. The second kappa shape index (κ2) is 7.18. The van der Waals surface area contributed by atoms with Crippen LogP contribution in [0.2, 0.25) is 0 Å². The number of likely N-dealkylation sites (tertiary alicyclic amines) is 1. The molecule has 5 nitrogen and oxygen atoms in total. The first-order valence-corrected chi connectivity index (χ1v) is 8.68. The summed E-state index contributed by atoms with van der Waals surface area (Å²) in [7, 11) is 0. The van der Waals surface area contributed by atoms with Gasteiger partial charge in [-0.2, -0.15) is 5.10 Å². The quantitative estimate of drug-likeness (QED) is 0.942. The molecule has 1 aromatic heterocycles. The molecule has 1 atom stereocenters. The van der Waals surface area contributed by atoms with Gasteiger partial charge in [0, 0.05) is 30.4 Å². The smallest absolute Gasteiger partial charge is 0.253 e. The Kier molecular flexibility index (Phi) is 5.00. The first-order chi connectivity index (χ1) is 11.5. The largest absolute Gasteiger partial charge is 0.339 e. The molecule has 1 aromatic carbocycles. The van der Waals surface area contributed by atoms with Gasteiger partial charge in [0.15, 0.2) is 0 Å². The fourth-order valence-corrected chi connectivity index (χ4v) is 3.27. The highest BCUT2D eigenvalue weighted by Gasteiger charge is 2.19. The van der Waals surface area contributed by atoms with Crippen molar-refractivity contribution >= 4 is 5.91 Å². The van der Waals surface area contributed by atoms with Gasteiger partial charge in [-0.05, 0) is 56.9 Å². The molecule has 1 saturated heterocycles. The van der Waals surface area contributed by atoms with Gasteiger partial charge in [0.05, 0.1) is 12.2 Å². The van der Waals surface area contributed by atoms with Crippen molar-refractivity contribution in [1.82, 2.24) is 14.7 Å². The molecule has 2 N–H and O–H groups in total. The van der Waals surface area contributed by atoms with Crippen LogP contribution in [-0.4, -0.2) is 39.7 Å². The van der Waals surface area contributed by atoms with E-state index in [4.69, 9.17) is 5.73 Å². The maximum absolute atomic E-state index is 12.7. The van der Waals surface area contributed by atoms with Crippen molar-refractivity contribution < 1.29 is 4.79 Å². The number of hydrogen-bond donors (Lipinski definition) is 1. The molecule has 1 aliphatic heterocycles. The number of amides is 1. The molecule has 3 rings (SSSR count). The van der Waals surface area contributed by atoms with Crippen LogP contribution in [0.5, 0.6) is 0 Å². The topological polar surface area (TPSA) is 64.2 Å². The summed E-state index contributed by atoms with van der Waals surface area (Å²) in [5, 5.41) is 4.48. The molecule has 1 aliphatic rings. The molecule has 0 aliphatic carbocycles. The summed E-state index contributed by atoms with van der Waals surface area (Å²) in [6, 6.07) is 10.2. The lowest BCUT2D eigenvalue weighted by Gasteiger charge is -2.20. The Bertz CT molecular complexity index is 705. The molecular weight excluding hydrogens is 300 g/mol. The second-order valence-corrected chi connectivity index (χ2v) is 6.76. The highest BCUT2D eigenvalue weighted by molar-refractivity contribution is 5.94. The van der Waals surface area contributed by atoms with E-state index in [9.17, 15) is 4.79 Å². The van der Waals surface area contributed by atoms with Gasteiger partial charge in [-0.25, -0.2) is 0 Å². The number of nitrogens with zero attached hydrogens (tertiary/aromatic N) is 3. The van der Waals surface area contributed by atoms with Gasteiger partial charge in [-0.1, -0.05) is 12.1 Å². The van der Waals surface area contributed by atoms with Gasteiger partial charge in [0.2, 0.25) is 0 Å². The van der Waals surface area contributed by atoms with E-state index in [-0.39, 0.29) is 11.9 Å². The van der Waals surface area contributed by atoms with Crippen LogP contribution in [0, 0.1) is 13.8 Å². The fourth-order valence-electron chi connectivity index (χ4n) is 3.27. The predicted molar refractivity (Wildman–Crippen MR) is 95.0 cm³/mol. The van der Waals surface area contributed by atoms with Gasteiger partial charge in [0.1, 0.15) is 0 Å². The van der Waals surface area contributed by atoms with Crippen LogP contribution in [-0.2, 0) is 6.54 Å². The summed E-state index contributed by atoms with van der Waals surface area (Å²) in [6.45, 7) is 6.35. The number of aromatic nitrogens is 2. The Hall–Kier alpha value is -2.14. The van der Waals surface area contributed by atoms with Crippen molar-refractivity contribution in [2.75, 3.05) is 13.1 Å². The average Bonchev–Trinajstić information content (AvgIpc) is 2.74. The van der Waals surface area contributed by atoms with Gasteiger partial charge < -0.3 is 10.6 Å². The fraction of sp³-hybridized carbons (Fsp3) is 0.474. The van der Waals surface area contributed by atoms with E-state index in [1.165, 1.54) is 0 Å². The summed E-state index contributed by atoms with van der Waals surface area (Å²) in [4.78, 5) is 14.6. The van der Waals surface area contributed by atoms with E-state index in [0.29, 0.717) is 0 Å². The lowest BCUT2D eigenvalue weighted by Crippen LogP contribution is -2.32. The number of rotatable bonds is 3. The molecule has 1 amide bonds. The molecule has 0 spiro atoms. The molecule has 0 radical (unpaired) electrons. The highest BCUT2D eigenvalue weighted by atomic mass is 16.2. The molecule has 0 bridgehead atoms. The molecule has 2 aromatic rings. The van der Waals surface area contributed by atoms with Crippen LogP contribution < -0.4 is 5.73 Å². The van der Waals surface area contributed by atoms with Crippen LogP contribution in [0.25, 0.3) is 0 Å². The van der Waals surface area contributed by atoms with Crippen molar-refractivity contribution in [3.63, 3.8) is 0 Å². The lowest BCUT2D eigenvalue weighted by atomic mass is 10.1. The normalized spacial score (nSPS) is 18.5. The summed E-state index contributed by atoms with van der Waals surface area (Å²) in [6.07, 6.45) is 2.88. The minimum atomic E-state index is 0.113. The minimum absolute atomic E-state index is 0.113. The van der Waals surface area contributed by atoms with E-state index in [2.05, 4.69) is 18.1 Å². The summed E-state index contributed by atoms with van der Waals surface area (Å²) >= 11 is 0. The third-order valence-corrected chi connectivity index (χ3v) is 4.70. The maximum Gasteiger partial charge on any atom is 0.253 e. The predicted octanol–water partition coefficient (Wildman–Crippen LogP) is 2.50. The Labute approximate surface area is 143 Å². The monoisotopic (exact) mass is 326 g/mol. The highest BCUT2D eigenvalue weighted by Crippen LogP contribution is 2.15. The molecule has 128 valence electrons. The molecular formula is C19H26N4O. The Morgan fingerprint density at radius 1 is 1.21 bits per heavy atom. The number of carbonyl (C=O) groups excluding carboxylic acids is 1.